The first-order valence-electron chi connectivity index (χ1n) is 14.4. The predicted octanol–water partition coefficient (Wildman–Crippen LogP) is 3.03. The zero-order valence-electron chi connectivity index (χ0n) is 25.0. The maximum Gasteiger partial charge on any atom is 0.221 e. The largest absolute Gasteiger partial charge is 0.491 e. The molecule has 0 saturated heterocycles. The molecular weight excluding hydrogens is 562 g/mol. The van der Waals surface area contributed by atoms with E-state index in [-0.39, 0.29) is 5.91 Å². The molecule has 0 atom stereocenters. The van der Waals surface area contributed by atoms with Crippen LogP contribution in [-0.2, 0) is 38.0 Å². The first-order chi connectivity index (χ1) is 21.2. The van der Waals surface area contributed by atoms with Crippen molar-refractivity contribution in [2.24, 2.45) is 0 Å². The summed E-state index contributed by atoms with van der Waals surface area (Å²) in [6, 6.07) is 14.1. The molecule has 43 heavy (non-hydrogen) atoms. The molecule has 0 radical (unpaired) electrons. The van der Waals surface area contributed by atoms with E-state index in [1.165, 1.54) is 6.92 Å². The number of nitrogens with one attached hydrogen (secondary N) is 1. The van der Waals surface area contributed by atoms with Crippen LogP contribution in [0.2, 0.25) is 0 Å². The van der Waals surface area contributed by atoms with Crippen molar-refractivity contribution in [3.8, 4) is 11.5 Å². The monoisotopic (exact) mass is 607 g/mol. The van der Waals surface area contributed by atoms with Crippen LogP contribution in [0.4, 0.5) is 5.69 Å². The smallest absolute Gasteiger partial charge is 0.221 e. The Bertz CT molecular complexity index is 957. The lowest BCUT2D eigenvalue weighted by Gasteiger charge is -2.09. The Hall–Kier alpha value is -3.10. The highest BCUT2D eigenvalue weighted by Gasteiger charge is 1.99. The van der Waals surface area contributed by atoms with E-state index in [0.717, 1.165) is 12.0 Å². The van der Waals surface area contributed by atoms with Gasteiger partial charge >= 0.3 is 0 Å². The van der Waals surface area contributed by atoms with Gasteiger partial charge in [0.25, 0.3) is 0 Å². The van der Waals surface area contributed by atoms with Gasteiger partial charge in [-0.1, -0.05) is 0 Å². The quantitative estimate of drug-likeness (QED) is 0.113. The van der Waals surface area contributed by atoms with E-state index in [1.54, 1.807) is 48.5 Å². The molecule has 0 aliphatic carbocycles. The summed E-state index contributed by atoms with van der Waals surface area (Å²) in [7, 11) is 0. The van der Waals surface area contributed by atoms with Crippen LogP contribution in [0.15, 0.2) is 48.5 Å². The first-order valence-corrected chi connectivity index (χ1v) is 14.4. The fourth-order valence-electron chi connectivity index (χ4n) is 3.34. The molecule has 2 aromatic carbocycles. The molecule has 0 bridgehead atoms. The lowest BCUT2D eigenvalue weighted by Crippen LogP contribution is -2.15. The van der Waals surface area contributed by atoms with Crippen molar-refractivity contribution in [2.75, 3.05) is 111 Å². The van der Waals surface area contributed by atoms with Gasteiger partial charge in [-0.2, -0.15) is 0 Å². The van der Waals surface area contributed by atoms with Crippen LogP contribution in [0.1, 0.15) is 17.3 Å². The van der Waals surface area contributed by atoms with Crippen molar-refractivity contribution in [3.05, 3.63) is 54.1 Å². The van der Waals surface area contributed by atoms with Crippen molar-refractivity contribution in [1.82, 2.24) is 0 Å². The Balaban J connectivity index is 1.21. The summed E-state index contributed by atoms with van der Waals surface area (Å²) in [5, 5.41) is 2.71. The van der Waals surface area contributed by atoms with Crippen molar-refractivity contribution >= 4 is 17.9 Å². The second-order valence-electron chi connectivity index (χ2n) is 8.88. The van der Waals surface area contributed by atoms with Gasteiger partial charge in [0.15, 0.2) is 0 Å². The summed E-state index contributed by atoms with van der Waals surface area (Å²) in [6.07, 6.45) is 0.796. The normalized spacial score (nSPS) is 10.9. The van der Waals surface area contributed by atoms with E-state index in [0.29, 0.717) is 123 Å². The number of carbonyl (C=O) groups is 2. The van der Waals surface area contributed by atoms with E-state index in [4.69, 9.17) is 42.6 Å². The van der Waals surface area contributed by atoms with Crippen LogP contribution >= 0.6 is 0 Å². The molecule has 2 rings (SSSR count). The molecule has 0 spiro atoms. The Kier molecular flexibility index (Phi) is 21.3. The molecule has 0 saturated carbocycles. The maximum absolute atomic E-state index is 11.0. The van der Waals surface area contributed by atoms with Gasteiger partial charge in [0.05, 0.1) is 92.5 Å². The molecular formula is C31H45NO11. The fraction of sp³-hybridized carbons (Fsp3) is 0.548. The molecule has 240 valence electrons. The zero-order chi connectivity index (χ0) is 30.6. The Morgan fingerprint density at radius 3 is 1.12 bits per heavy atom. The van der Waals surface area contributed by atoms with Gasteiger partial charge in [-0.05, 0) is 48.5 Å². The van der Waals surface area contributed by atoms with Crippen molar-refractivity contribution < 1.29 is 52.2 Å². The minimum Gasteiger partial charge on any atom is -0.491 e. The minimum absolute atomic E-state index is 0.110. The van der Waals surface area contributed by atoms with Gasteiger partial charge in [0.1, 0.15) is 31.0 Å². The third-order valence-electron chi connectivity index (χ3n) is 5.42. The summed E-state index contributed by atoms with van der Waals surface area (Å²) in [5.74, 6) is 1.31. The average Bonchev–Trinajstić information content (AvgIpc) is 3.02. The standard InChI is InChI=1S/C31H45NO11/c1-27(34)32-29-4-8-31(9-5-29)43-25-23-41-21-19-39-17-15-37-13-11-35-10-12-36-14-16-38-18-20-40-22-24-42-30-6-2-28(26-33)3-7-30/h2-9,26H,10-25H2,1H3,(H,32,34). The highest BCUT2D eigenvalue weighted by molar-refractivity contribution is 5.88. The molecule has 0 heterocycles. The molecule has 12 nitrogen and oxygen atoms in total. The van der Waals surface area contributed by atoms with E-state index >= 15 is 0 Å². The molecule has 0 fully saturated rings. The van der Waals surface area contributed by atoms with Gasteiger partial charge < -0.3 is 47.9 Å². The molecule has 12 heteroatoms. The Labute approximate surface area is 253 Å². The fourth-order valence-corrected chi connectivity index (χ4v) is 3.34. The predicted molar refractivity (Wildman–Crippen MR) is 159 cm³/mol. The third-order valence-corrected chi connectivity index (χ3v) is 5.42. The van der Waals surface area contributed by atoms with Crippen LogP contribution in [0, 0.1) is 0 Å². The number of aldehydes is 1. The van der Waals surface area contributed by atoms with E-state index in [9.17, 15) is 9.59 Å². The number of anilines is 1. The number of ether oxygens (including phenoxy) is 9. The number of carbonyl (C=O) groups excluding carboxylic acids is 2. The number of rotatable bonds is 28. The summed E-state index contributed by atoms with van der Waals surface area (Å²) >= 11 is 0. The summed E-state index contributed by atoms with van der Waals surface area (Å²) < 4.78 is 49.4. The molecule has 0 aromatic heterocycles. The van der Waals surface area contributed by atoms with Crippen molar-refractivity contribution in [1.29, 1.82) is 0 Å². The lowest BCUT2D eigenvalue weighted by atomic mass is 10.2. The van der Waals surface area contributed by atoms with Crippen molar-refractivity contribution in [3.63, 3.8) is 0 Å². The number of amides is 1. The minimum atomic E-state index is -0.110. The topological polar surface area (TPSA) is 129 Å². The van der Waals surface area contributed by atoms with Gasteiger partial charge in [-0.25, -0.2) is 0 Å². The zero-order valence-corrected chi connectivity index (χ0v) is 25.0. The van der Waals surface area contributed by atoms with Gasteiger partial charge in [-0.3, -0.25) is 9.59 Å². The highest BCUT2D eigenvalue weighted by atomic mass is 16.6. The van der Waals surface area contributed by atoms with Gasteiger partial charge in [0.2, 0.25) is 5.91 Å². The third kappa shape index (κ3) is 20.4. The van der Waals surface area contributed by atoms with E-state index < -0.39 is 0 Å². The van der Waals surface area contributed by atoms with Crippen LogP contribution in [0.25, 0.3) is 0 Å². The maximum atomic E-state index is 11.0. The van der Waals surface area contributed by atoms with Crippen LogP contribution in [0.5, 0.6) is 11.5 Å². The van der Waals surface area contributed by atoms with Crippen LogP contribution < -0.4 is 14.8 Å². The Morgan fingerprint density at radius 2 is 0.814 bits per heavy atom. The summed E-state index contributed by atoms with van der Waals surface area (Å²) in [6.45, 7) is 9.06. The first kappa shape index (κ1) is 36.1. The van der Waals surface area contributed by atoms with Gasteiger partial charge in [0, 0.05) is 18.2 Å². The molecule has 1 N–H and O–H groups in total. The molecule has 2 aromatic rings. The molecule has 0 unspecified atom stereocenters. The van der Waals surface area contributed by atoms with Crippen molar-refractivity contribution in [2.45, 2.75) is 6.92 Å². The highest BCUT2D eigenvalue weighted by Crippen LogP contribution is 2.15. The second-order valence-corrected chi connectivity index (χ2v) is 8.88. The SMILES string of the molecule is CC(=O)Nc1ccc(OCCOCCOCCOCCOCCOCCOCCOCCOc2ccc(C=O)cc2)cc1. The molecule has 1 amide bonds. The average molecular weight is 608 g/mol. The van der Waals surface area contributed by atoms with Crippen LogP contribution in [0.3, 0.4) is 0 Å². The molecule has 0 aliphatic heterocycles. The lowest BCUT2D eigenvalue weighted by molar-refractivity contribution is -0.114. The van der Waals surface area contributed by atoms with E-state index in [2.05, 4.69) is 5.32 Å². The number of hydrogen-bond acceptors (Lipinski definition) is 11. The van der Waals surface area contributed by atoms with Crippen LogP contribution in [-0.4, -0.2) is 118 Å². The number of benzene rings is 2. The summed E-state index contributed by atoms with van der Waals surface area (Å²) in [5.41, 5.74) is 1.35. The second kappa shape index (κ2) is 25.4. The summed E-state index contributed by atoms with van der Waals surface area (Å²) in [4.78, 5) is 21.6. The number of hydrogen-bond donors (Lipinski definition) is 1. The van der Waals surface area contributed by atoms with E-state index in [1.807, 2.05) is 0 Å². The molecule has 0 aliphatic rings. The Morgan fingerprint density at radius 1 is 0.512 bits per heavy atom. The van der Waals surface area contributed by atoms with Gasteiger partial charge in [-0.15, -0.1) is 0 Å².